The molecular formula is C9H12N2O5S. The molecule has 2 atom stereocenters. The van der Waals surface area contributed by atoms with Crippen molar-refractivity contribution in [2.75, 3.05) is 5.75 Å². The van der Waals surface area contributed by atoms with Gasteiger partial charge < -0.3 is 25.4 Å². The van der Waals surface area contributed by atoms with Gasteiger partial charge in [0.15, 0.2) is 5.69 Å². The molecule has 0 saturated carbocycles. The fraction of sp³-hybridized carbons (Fsp3) is 0.444. The summed E-state index contributed by atoms with van der Waals surface area (Å²) in [5.41, 5.74) is -0.0659. The SMILES string of the molecule is O=[N+]([O-])c1nc(C(O)C(O)CCS)ccc1O. The second-order valence-corrected chi connectivity index (χ2v) is 3.81. The number of aromatic hydroxyl groups is 1. The molecule has 94 valence electrons. The van der Waals surface area contributed by atoms with E-state index in [0.29, 0.717) is 5.75 Å². The van der Waals surface area contributed by atoms with E-state index >= 15 is 0 Å². The first-order chi connectivity index (χ1) is 7.97. The minimum absolute atomic E-state index is 0.0659. The van der Waals surface area contributed by atoms with Gasteiger partial charge in [-0.2, -0.15) is 12.6 Å². The number of hydrogen-bond acceptors (Lipinski definition) is 7. The van der Waals surface area contributed by atoms with Crippen molar-refractivity contribution in [1.29, 1.82) is 0 Å². The molecule has 0 amide bonds. The Kier molecular flexibility index (Phi) is 4.67. The Balaban J connectivity index is 2.99. The van der Waals surface area contributed by atoms with E-state index in [1.807, 2.05) is 0 Å². The number of thiol groups is 1. The highest BCUT2D eigenvalue weighted by molar-refractivity contribution is 7.80. The van der Waals surface area contributed by atoms with E-state index < -0.39 is 28.7 Å². The molecule has 3 N–H and O–H groups in total. The van der Waals surface area contributed by atoms with E-state index in [4.69, 9.17) is 5.11 Å². The molecule has 0 aromatic carbocycles. The van der Waals surface area contributed by atoms with Gasteiger partial charge in [0.05, 0.1) is 6.10 Å². The fourth-order valence-corrected chi connectivity index (χ4v) is 1.51. The molecule has 0 radical (unpaired) electrons. The lowest BCUT2D eigenvalue weighted by atomic mass is 10.1. The summed E-state index contributed by atoms with van der Waals surface area (Å²) in [6.45, 7) is 0. The van der Waals surface area contributed by atoms with Gasteiger partial charge in [-0.15, -0.1) is 0 Å². The van der Waals surface area contributed by atoms with E-state index in [1.165, 1.54) is 6.07 Å². The molecule has 17 heavy (non-hydrogen) atoms. The van der Waals surface area contributed by atoms with Gasteiger partial charge in [0.2, 0.25) is 5.75 Å². The molecule has 2 unspecified atom stereocenters. The molecule has 1 aromatic rings. The van der Waals surface area contributed by atoms with Crippen LogP contribution in [-0.4, -0.2) is 37.1 Å². The Morgan fingerprint density at radius 2 is 2.12 bits per heavy atom. The summed E-state index contributed by atoms with van der Waals surface area (Å²) >= 11 is 3.90. The molecule has 0 aliphatic carbocycles. The predicted octanol–water partition coefficient (Wildman–Crippen LogP) is 0.410. The molecule has 0 aliphatic heterocycles. The maximum atomic E-state index is 10.5. The zero-order valence-electron chi connectivity index (χ0n) is 8.72. The summed E-state index contributed by atoms with van der Waals surface area (Å²) < 4.78 is 0. The van der Waals surface area contributed by atoms with Gasteiger partial charge in [-0.05, 0) is 34.2 Å². The van der Waals surface area contributed by atoms with E-state index in [2.05, 4.69) is 17.6 Å². The minimum atomic E-state index is -1.35. The third kappa shape index (κ3) is 3.29. The molecule has 0 saturated heterocycles. The molecular weight excluding hydrogens is 248 g/mol. The molecule has 1 heterocycles. The van der Waals surface area contributed by atoms with Gasteiger partial charge in [0.25, 0.3) is 0 Å². The van der Waals surface area contributed by atoms with Crippen molar-refractivity contribution in [2.24, 2.45) is 0 Å². The quantitative estimate of drug-likeness (QED) is 0.346. The Labute approximate surface area is 102 Å². The lowest BCUT2D eigenvalue weighted by Crippen LogP contribution is -2.20. The highest BCUT2D eigenvalue weighted by Gasteiger charge is 2.26. The fourth-order valence-electron chi connectivity index (χ4n) is 1.24. The van der Waals surface area contributed by atoms with Crippen molar-refractivity contribution in [1.82, 2.24) is 4.98 Å². The summed E-state index contributed by atoms with van der Waals surface area (Å²) in [5.74, 6) is -0.979. The Hall–Kier alpha value is -1.38. The Morgan fingerprint density at radius 3 is 2.65 bits per heavy atom. The number of aromatic nitrogens is 1. The van der Waals surface area contributed by atoms with Crippen LogP contribution in [0.25, 0.3) is 0 Å². The van der Waals surface area contributed by atoms with Crippen LogP contribution in [0.2, 0.25) is 0 Å². The summed E-state index contributed by atoms with van der Waals surface area (Å²) in [4.78, 5) is 13.1. The molecule has 0 bridgehead atoms. The highest BCUT2D eigenvalue weighted by Crippen LogP contribution is 2.26. The normalized spacial score (nSPS) is 14.3. The highest BCUT2D eigenvalue weighted by atomic mass is 32.1. The topological polar surface area (TPSA) is 117 Å². The molecule has 1 rings (SSSR count). The first-order valence-electron chi connectivity index (χ1n) is 4.78. The van der Waals surface area contributed by atoms with Gasteiger partial charge in [-0.1, -0.05) is 0 Å². The van der Waals surface area contributed by atoms with Crippen LogP contribution < -0.4 is 0 Å². The van der Waals surface area contributed by atoms with Crippen LogP contribution in [-0.2, 0) is 0 Å². The molecule has 0 fully saturated rings. The van der Waals surface area contributed by atoms with E-state index in [-0.39, 0.29) is 12.1 Å². The average molecular weight is 260 g/mol. The number of pyridine rings is 1. The van der Waals surface area contributed by atoms with Gasteiger partial charge >= 0.3 is 5.82 Å². The third-order valence-electron chi connectivity index (χ3n) is 2.14. The largest absolute Gasteiger partial charge is 0.501 e. The van der Waals surface area contributed by atoms with Gasteiger partial charge in [-0.25, -0.2) is 0 Å². The minimum Gasteiger partial charge on any atom is -0.501 e. The summed E-state index contributed by atoms with van der Waals surface area (Å²) in [7, 11) is 0. The summed E-state index contributed by atoms with van der Waals surface area (Å²) in [6.07, 6.45) is -2.23. The lowest BCUT2D eigenvalue weighted by Gasteiger charge is -2.13. The van der Waals surface area contributed by atoms with E-state index in [1.54, 1.807) is 0 Å². The number of rotatable bonds is 5. The number of nitro groups is 1. The van der Waals surface area contributed by atoms with Crippen LogP contribution in [0, 0.1) is 10.1 Å². The number of aliphatic hydroxyl groups excluding tert-OH is 2. The van der Waals surface area contributed by atoms with Crippen molar-refractivity contribution >= 4 is 18.4 Å². The van der Waals surface area contributed by atoms with E-state index in [9.17, 15) is 20.3 Å². The third-order valence-corrected chi connectivity index (χ3v) is 2.40. The maximum absolute atomic E-state index is 10.5. The Bertz CT molecular complexity index is 414. The second-order valence-electron chi connectivity index (χ2n) is 3.36. The van der Waals surface area contributed by atoms with E-state index in [0.717, 1.165) is 6.07 Å². The van der Waals surface area contributed by atoms with Crippen LogP contribution in [0.15, 0.2) is 12.1 Å². The van der Waals surface area contributed by atoms with Crippen molar-refractivity contribution in [3.05, 3.63) is 27.9 Å². The monoisotopic (exact) mass is 260 g/mol. The van der Waals surface area contributed by atoms with Crippen LogP contribution in [0.3, 0.4) is 0 Å². The van der Waals surface area contributed by atoms with Crippen molar-refractivity contribution < 1.29 is 20.2 Å². The van der Waals surface area contributed by atoms with Gasteiger partial charge in [0.1, 0.15) is 6.10 Å². The molecule has 8 heteroatoms. The van der Waals surface area contributed by atoms with Gasteiger partial charge in [-0.3, -0.25) is 0 Å². The zero-order chi connectivity index (χ0) is 13.0. The number of nitrogens with zero attached hydrogens (tertiary/aromatic N) is 2. The molecule has 7 nitrogen and oxygen atoms in total. The van der Waals surface area contributed by atoms with Crippen molar-refractivity contribution in [3.8, 4) is 5.75 Å². The molecule has 0 aliphatic rings. The first kappa shape index (κ1) is 13.7. The lowest BCUT2D eigenvalue weighted by molar-refractivity contribution is -0.390. The van der Waals surface area contributed by atoms with Crippen LogP contribution in [0.5, 0.6) is 5.75 Å². The van der Waals surface area contributed by atoms with Gasteiger partial charge in [0, 0.05) is 0 Å². The predicted molar refractivity (Wildman–Crippen MR) is 62.0 cm³/mol. The average Bonchev–Trinajstić information content (AvgIpc) is 2.28. The summed E-state index contributed by atoms with van der Waals surface area (Å²) in [5, 5.41) is 38.9. The van der Waals surface area contributed by atoms with Crippen molar-refractivity contribution in [2.45, 2.75) is 18.6 Å². The zero-order valence-corrected chi connectivity index (χ0v) is 9.62. The maximum Gasteiger partial charge on any atom is 0.406 e. The Morgan fingerprint density at radius 1 is 1.47 bits per heavy atom. The molecule has 0 spiro atoms. The smallest absolute Gasteiger partial charge is 0.406 e. The van der Waals surface area contributed by atoms with Crippen LogP contribution >= 0.6 is 12.6 Å². The summed E-state index contributed by atoms with van der Waals surface area (Å²) in [6, 6.07) is 2.27. The van der Waals surface area contributed by atoms with Crippen LogP contribution in [0.1, 0.15) is 18.2 Å². The van der Waals surface area contributed by atoms with Crippen molar-refractivity contribution in [3.63, 3.8) is 0 Å². The van der Waals surface area contributed by atoms with Crippen LogP contribution in [0.4, 0.5) is 5.82 Å². The molecule has 1 aromatic heterocycles. The second kappa shape index (κ2) is 5.80. The number of aliphatic hydroxyl groups is 2. The standard InChI is InChI=1S/C9H12N2O5S/c12-6(3-4-17)8(14)5-1-2-7(13)9(10-5)11(15)16/h1-2,6,8,12-14,17H,3-4H2. The first-order valence-corrected chi connectivity index (χ1v) is 5.42. The number of hydrogen-bond donors (Lipinski definition) is 4.